The first-order chi connectivity index (χ1) is 13.3. The summed E-state index contributed by atoms with van der Waals surface area (Å²) in [5.74, 6) is -1.32. The van der Waals surface area contributed by atoms with Crippen molar-refractivity contribution in [1.82, 2.24) is 14.7 Å². The summed E-state index contributed by atoms with van der Waals surface area (Å²) in [6.45, 7) is 5.08. The molecule has 0 aliphatic heterocycles. The Morgan fingerprint density at radius 1 is 1.25 bits per heavy atom. The Morgan fingerprint density at radius 2 is 1.93 bits per heavy atom. The Kier molecular flexibility index (Phi) is 5.60. The summed E-state index contributed by atoms with van der Waals surface area (Å²) in [6, 6.07) is 6.51. The standard InChI is InChI=1S/C20H22F2N4O2/c1-11(23)12(2)25-20(27)19-13(3)24-18-8-7-14(9-26(18)19)28-10-15-16(21)5-4-6-17(15)22/h4-9,11-12H,10,23H2,1-3H3,(H,25,27)/t11-,12?/m0/s1. The molecule has 0 bridgehead atoms. The van der Waals surface area contributed by atoms with Crippen LogP contribution in [0.2, 0.25) is 0 Å². The molecule has 0 aliphatic carbocycles. The number of pyridine rings is 1. The fourth-order valence-corrected chi connectivity index (χ4v) is 2.73. The van der Waals surface area contributed by atoms with E-state index < -0.39 is 11.6 Å². The molecule has 0 aliphatic rings. The second-order valence-electron chi connectivity index (χ2n) is 6.75. The third kappa shape index (κ3) is 3.96. The van der Waals surface area contributed by atoms with Gasteiger partial charge in [-0.3, -0.25) is 9.20 Å². The van der Waals surface area contributed by atoms with Gasteiger partial charge in [0.2, 0.25) is 0 Å². The van der Waals surface area contributed by atoms with E-state index in [0.29, 0.717) is 22.8 Å². The van der Waals surface area contributed by atoms with Crippen LogP contribution in [0.4, 0.5) is 8.78 Å². The van der Waals surface area contributed by atoms with Gasteiger partial charge in [0.15, 0.2) is 0 Å². The number of halogens is 2. The summed E-state index contributed by atoms with van der Waals surface area (Å²) in [5, 5.41) is 2.84. The number of rotatable bonds is 6. The number of amides is 1. The molecule has 28 heavy (non-hydrogen) atoms. The Balaban J connectivity index is 1.87. The number of nitrogens with zero attached hydrogens (tertiary/aromatic N) is 2. The zero-order chi connectivity index (χ0) is 20.4. The van der Waals surface area contributed by atoms with Crippen LogP contribution in [0.5, 0.6) is 5.75 Å². The van der Waals surface area contributed by atoms with Crippen LogP contribution in [0, 0.1) is 18.6 Å². The topological polar surface area (TPSA) is 81.7 Å². The van der Waals surface area contributed by atoms with E-state index in [4.69, 9.17) is 10.5 Å². The number of hydrogen-bond acceptors (Lipinski definition) is 4. The molecular weight excluding hydrogens is 366 g/mol. The molecule has 0 spiro atoms. The number of carbonyl (C=O) groups excluding carboxylic acids is 1. The smallest absolute Gasteiger partial charge is 0.270 e. The maximum absolute atomic E-state index is 13.8. The number of carbonyl (C=O) groups is 1. The number of ether oxygens (including phenoxy) is 1. The van der Waals surface area contributed by atoms with E-state index in [-0.39, 0.29) is 30.2 Å². The Hall–Kier alpha value is -3.00. The van der Waals surface area contributed by atoms with Crippen molar-refractivity contribution in [2.45, 2.75) is 39.5 Å². The molecule has 1 unspecified atom stereocenters. The van der Waals surface area contributed by atoms with Gasteiger partial charge in [0.05, 0.1) is 17.5 Å². The van der Waals surface area contributed by atoms with Crippen LogP contribution in [0.25, 0.3) is 5.65 Å². The molecule has 2 atom stereocenters. The Labute approximate surface area is 161 Å². The van der Waals surface area contributed by atoms with Crippen LogP contribution in [0.15, 0.2) is 36.5 Å². The third-order valence-corrected chi connectivity index (χ3v) is 4.57. The summed E-state index contributed by atoms with van der Waals surface area (Å²) >= 11 is 0. The van der Waals surface area contributed by atoms with Gasteiger partial charge in [-0.25, -0.2) is 13.8 Å². The molecule has 148 valence electrons. The molecule has 2 heterocycles. The van der Waals surface area contributed by atoms with E-state index >= 15 is 0 Å². The summed E-state index contributed by atoms with van der Waals surface area (Å²) < 4.78 is 34.7. The normalized spacial score (nSPS) is 13.4. The second kappa shape index (κ2) is 7.93. The zero-order valence-electron chi connectivity index (χ0n) is 15.9. The van der Waals surface area contributed by atoms with Gasteiger partial charge in [0.1, 0.15) is 35.3 Å². The van der Waals surface area contributed by atoms with Crippen molar-refractivity contribution in [2.24, 2.45) is 5.73 Å². The fraction of sp³-hybridized carbons (Fsp3) is 0.300. The van der Waals surface area contributed by atoms with E-state index in [1.54, 1.807) is 36.6 Å². The second-order valence-corrected chi connectivity index (χ2v) is 6.75. The van der Waals surface area contributed by atoms with Crippen molar-refractivity contribution in [1.29, 1.82) is 0 Å². The molecule has 3 N–H and O–H groups in total. The number of nitrogens with one attached hydrogen (secondary N) is 1. The van der Waals surface area contributed by atoms with Gasteiger partial charge < -0.3 is 15.8 Å². The molecule has 3 rings (SSSR count). The van der Waals surface area contributed by atoms with E-state index in [9.17, 15) is 13.6 Å². The van der Waals surface area contributed by atoms with Crippen LogP contribution in [-0.4, -0.2) is 27.4 Å². The molecule has 1 aromatic carbocycles. The molecule has 0 radical (unpaired) electrons. The molecule has 0 saturated heterocycles. The van der Waals surface area contributed by atoms with Gasteiger partial charge in [-0.2, -0.15) is 0 Å². The lowest BCUT2D eigenvalue weighted by Crippen LogP contribution is -2.44. The molecular formula is C20H22F2N4O2. The van der Waals surface area contributed by atoms with Crippen LogP contribution in [-0.2, 0) is 6.61 Å². The van der Waals surface area contributed by atoms with Crippen molar-refractivity contribution in [3.05, 3.63) is 65.1 Å². The first-order valence-corrected chi connectivity index (χ1v) is 8.88. The summed E-state index contributed by atoms with van der Waals surface area (Å²) in [5.41, 5.74) is 7.11. The SMILES string of the molecule is Cc1nc2ccc(OCc3c(F)cccc3F)cn2c1C(=O)NC(C)[C@H](C)N. The lowest BCUT2D eigenvalue weighted by molar-refractivity contribution is 0.0929. The van der Waals surface area contributed by atoms with E-state index in [0.717, 1.165) is 0 Å². The maximum Gasteiger partial charge on any atom is 0.270 e. The molecule has 1 amide bonds. The highest BCUT2D eigenvalue weighted by Gasteiger charge is 2.20. The molecule has 6 nitrogen and oxygen atoms in total. The van der Waals surface area contributed by atoms with Crippen LogP contribution in [0.3, 0.4) is 0 Å². The zero-order valence-corrected chi connectivity index (χ0v) is 15.9. The predicted molar refractivity (Wildman–Crippen MR) is 101 cm³/mol. The molecule has 2 aromatic heterocycles. The predicted octanol–water partition coefficient (Wildman–Crippen LogP) is 2.97. The monoisotopic (exact) mass is 388 g/mol. The number of nitrogens with two attached hydrogens (primary N) is 1. The number of aromatic nitrogens is 2. The largest absolute Gasteiger partial charge is 0.487 e. The van der Waals surface area contributed by atoms with E-state index in [1.807, 2.05) is 6.92 Å². The van der Waals surface area contributed by atoms with Crippen LogP contribution >= 0.6 is 0 Å². The Morgan fingerprint density at radius 3 is 2.57 bits per heavy atom. The first kappa shape index (κ1) is 19.8. The van der Waals surface area contributed by atoms with Crippen LogP contribution in [0.1, 0.15) is 35.6 Å². The number of benzene rings is 1. The minimum absolute atomic E-state index is 0.159. The minimum atomic E-state index is -0.676. The highest BCUT2D eigenvalue weighted by atomic mass is 19.1. The fourth-order valence-electron chi connectivity index (χ4n) is 2.73. The number of fused-ring (bicyclic) bond motifs is 1. The first-order valence-electron chi connectivity index (χ1n) is 8.88. The molecule has 0 saturated carbocycles. The summed E-state index contributed by atoms with van der Waals surface area (Å²) in [7, 11) is 0. The maximum atomic E-state index is 13.8. The van der Waals surface area contributed by atoms with Gasteiger partial charge in [-0.1, -0.05) is 6.07 Å². The van der Waals surface area contributed by atoms with Gasteiger partial charge in [0.25, 0.3) is 5.91 Å². The number of hydrogen-bond donors (Lipinski definition) is 2. The summed E-state index contributed by atoms with van der Waals surface area (Å²) in [4.78, 5) is 17.0. The quantitative estimate of drug-likeness (QED) is 0.680. The van der Waals surface area contributed by atoms with Gasteiger partial charge >= 0.3 is 0 Å². The highest BCUT2D eigenvalue weighted by Crippen LogP contribution is 2.20. The van der Waals surface area contributed by atoms with E-state index in [1.165, 1.54) is 18.2 Å². The van der Waals surface area contributed by atoms with Crippen molar-refractivity contribution in [3.63, 3.8) is 0 Å². The summed E-state index contributed by atoms with van der Waals surface area (Å²) in [6.07, 6.45) is 1.57. The van der Waals surface area contributed by atoms with Crippen molar-refractivity contribution < 1.29 is 18.3 Å². The van der Waals surface area contributed by atoms with Crippen molar-refractivity contribution >= 4 is 11.6 Å². The van der Waals surface area contributed by atoms with Gasteiger partial charge in [-0.05, 0) is 45.0 Å². The average molecular weight is 388 g/mol. The van der Waals surface area contributed by atoms with Crippen molar-refractivity contribution in [2.75, 3.05) is 0 Å². The molecule has 8 heteroatoms. The third-order valence-electron chi connectivity index (χ3n) is 4.57. The average Bonchev–Trinajstić information content (AvgIpc) is 2.96. The van der Waals surface area contributed by atoms with Gasteiger partial charge in [-0.15, -0.1) is 0 Å². The lowest BCUT2D eigenvalue weighted by Gasteiger charge is -2.17. The Bertz CT molecular complexity index is 997. The molecule has 0 fully saturated rings. The molecule has 3 aromatic rings. The number of aryl methyl sites for hydroxylation is 1. The highest BCUT2D eigenvalue weighted by molar-refractivity contribution is 5.94. The van der Waals surface area contributed by atoms with E-state index in [2.05, 4.69) is 10.3 Å². The lowest BCUT2D eigenvalue weighted by atomic mass is 10.2. The van der Waals surface area contributed by atoms with Crippen molar-refractivity contribution in [3.8, 4) is 5.75 Å². The number of imidazole rings is 1. The van der Waals surface area contributed by atoms with Crippen LogP contribution < -0.4 is 15.8 Å². The van der Waals surface area contributed by atoms with Gasteiger partial charge in [0, 0.05) is 12.1 Å². The minimum Gasteiger partial charge on any atom is -0.487 e.